The largest absolute Gasteiger partial charge is 0.268 e. The first-order chi connectivity index (χ1) is 8.70. The number of carbonyl (C=O) groups is 1. The maximum atomic E-state index is 12.4. The fraction of sp³-hybridized carbons (Fsp3) is 0. The molecule has 18 heavy (non-hydrogen) atoms. The van der Waals surface area contributed by atoms with Crippen molar-refractivity contribution >= 4 is 33.4 Å². The van der Waals surface area contributed by atoms with Gasteiger partial charge in [0.1, 0.15) is 0 Å². The van der Waals surface area contributed by atoms with Gasteiger partial charge < -0.3 is 0 Å². The molecule has 3 nitrogen and oxygen atoms in total. The van der Waals surface area contributed by atoms with Gasteiger partial charge in [-0.3, -0.25) is 9.69 Å². The molecule has 1 aliphatic heterocycles. The number of benzene rings is 1. The number of aromatic nitrogens is 1. The fourth-order valence-corrected chi connectivity index (χ4v) is 2.48. The lowest BCUT2D eigenvalue weighted by molar-refractivity contribution is 0.101. The highest BCUT2D eigenvalue weighted by atomic mass is 79.9. The van der Waals surface area contributed by atoms with E-state index in [1.165, 1.54) is 4.90 Å². The second-order valence-electron chi connectivity index (χ2n) is 3.94. The maximum absolute atomic E-state index is 12.4. The molecule has 2 heterocycles. The lowest BCUT2D eigenvalue weighted by atomic mass is 10.1. The Morgan fingerprint density at radius 1 is 1.11 bits per heavy atom. The molecule has 0 bridgehead atoms. The van der Waals surface area contributed by atoms with Crippen LogP contribution in [0, 0.1) is 0 Å². The zero-order valence-corrected chi connectivity index (χ0v) is 11.0. The molecule has 2 aromatic rings. The molecule has 1 aromatic carbocycles. The number of carbonyl (C=O) groups excluding carboxylic acids is 1. The molecule has 0 saturated carbocycles. The third kappa shape index (κ3) is 1.49. The minimum atomic E-state index is -0.0880. The predicted octanol–water partition coefficient (Wildman–Crippen LogP) is 3.48. The van der Waals surface area contributed by atoms with Crippen molar-refractivity contribution in [1.82, 2.24) is 4.98 Å². The minimum Gasteiger partial charge on any atom is -0.268 e. The first kappa shape index (κ1) is 11.2. The summed E-state index contributed by atoms with van der Waals surface area (Å²) in [4.78, 5) is 18.1. The zero-order chi connectivity index (χ0) is 12.7. The topological polar surface area (TPSA) is 33.2 Å². The van der Waals surface area contributed by atoms with E-state index in [1.54, 1.807) is 12.3 Å². The van der Waals surface area contributed by atoms with E-state index in [0.717, 1.165) is 10.0 Å². The van der Waals surface area contributed by atoms with E-state index < -0.39 is 0 Å². The highest BCUT2D eigenvalue weighted by molar-refractivity contribution is 9.10. The van der Waals surface area contributed by atoms with Crippen LogP contribution < -0.4 is 4.90 Å². The van der Waals surface area contributed by atoms with Crippen molar-refractivity contribution in [2.24, 2.45) is 0 Å². The van der Waals surface area contributed by atoms with Crippen molar-refractivity contribution in [1.29, 1.82) is 0 Å². The number of hydrogen-bond acceptors (Lipinski definition) is 2. The molecule has 0 aliphatic carbocycles. The van der Waals surface area contributed by atoms with Crippen LogP contribution in [0.25, 0.3) is 5.70 Å². The van der Waals surface area contributed by atoms with Crippen LogP contribution in [0.3, 0.4) is 0 Å². The van der Waals surface area contributed by atoms with E-state index in [4.69, 9.17) is 0 Å². The van der Waals surface area contributed by atoms with Crippen LogP contribution in [0.4, 0.5) is 5.82 Å². The Kier molecular flexibility index (Phi) is 2.52. The molecule has 1 aliphatic rings. The summed E-state index contributed by atoms with van der Waals surface area (Å²) < 4.78 is 0.771. The number of nitrogens with zero attached hydrogens (tertiary/aromatic N) is 2. The average Bonchev–Trinajstić information content (AvgIpc) is 2.64. The van der Waals surface area contributed by atoms with Gasteiger partial charge >= 0.3 is 0 Å². The fourth-order valence-electron chi connectivity index (χ4n) is 2.05. The Bertz CT molecular complexity index is 631. The predicted molar refractivity (Wildman–Crippen MR) is 74.2 cm³/mol. The van der Waals surface area contributed by atoms with Crippen molar-refractivity contribution in [3.8, 4) is 0 Å². The third-order valence-corrected chi connectivity index (χ3v) is 3.51. The molecule has 1 amide bonds. The van der Waals surface area contributed by atoms with Gasteiger partial charge in [-0.05, 0) is 34.1 Å². The van der Waals surface area contributed by atoms with Crippen molar-refractivity contribution < 1.29 is 4.79 Å². The lowest BCUT2D eigenvalue weighted by Crippen LogP contribution is -2.23. The van der Waals surface area contributed by atoms with E-state index in [1.807, 2.05) is 30.3 Å². The van der Waals surface area contributed by atoms with Gasteiger partial charge in [0.15, 0.2) is 5.82 Å². The van der Waals surface area contributed by atoms with Crippen LogP contribution in [0.2, 0.25) is 0 Å². The zero-order valence-electron chi connectivity index (χ0n) is 9.43. The lowest BCUT2D eigenvalue weighted by Gasteiger charge is -2.17. The molecule has 0 saturated heterocycles. The van der Waals surface area contributed by atoms with Crippen molar-refractivity contribution in [2.75, 3.05) is 4.90 Å². The van der Waals surface area contributed by atoms with Crippen LogP contribution in [0.1, 0.15) is 15.9 Å². The highest BCUT2D eigenvalue weighted by Crippen LogP contribution is 2.37. The summed E-state index contributed by atoms with van der Waals surface area (Å²) in [5, 5.41) is 0. The minimum absolute atomic E-state index is 0.0880. The van der Waals surface area contributed by atoms with Crippen LogP contribution in [-0.2, 0) is 0 Å². The second kappa shape index (κ2) is 4.07. The molecule has 4 heteroatoms. The molecule has 0 N–H and O–H groups in total. The number of hydrogen-bond donors (Lipinski definition) is 0. The van der Waals surface area contributed by atoms with E-state index in [0.29, 0.717) is 17.1 Å². The molecule has 0 spiro atoms. The Balaban J connectivity index is 2.16. The summed E-state index contributed by atoms with van der Waals surface area (Å²) in [5.74, 6) is 0.485. The summed E-state index contributed by atoms with van der Waals surface area (Å²) in [7, 11) is 0. The summed E-state index contributed by atoms with van der Waals surface area (Å²) >= 11 is 3.41. The number of amides is 1. The third-order valence-electron chi connectivity index (χ3n) is 2.89. The van der Waals surface area contributed by atoms with Crippen LogP contribution in [0.5, 0.6) is 0 Å². The maximum Gasteiger partial charge on any atom is 0.264 e. The molecular formula is C14H9BrN2O. The van der Waals surface area contributed by atoms with E-state index in [-0.39, 0.29) is 5.91 Å². The Morgan fingerprint density at radius 2 is 1.83 bits per heavy atom. The summed E-state index contributed by atoms with van der Waals surface area (Å²) in [6.07, 6.45) is 1.66. The number of anilines is 1. The monoisotopic (exact) mass is 300 g/mol. The second-order valence-corrected chi connectivity index (χ2v) is 4.80. The van der Waals surface area contributed by atoms with Gasteiger partial charge in [0.2, 0.25) is 0 Å². The number of halogens is 1. The molecular weight excluding hydrogens is 292 g/mol. The average molecular weight is 301 g/mol. The number of fused-ring (bicyclic) bond motifs is 1. The SMILES string of the molecule is C=C1c2ccccc2C(=O)N1c1ncccc1Br. The van der Waals surface area contributed by atoms with Crippen LogP contribution >= 0.6 is 15.9 Å². The van der Waals surface area contributed by atoms with Gasteiger partial charge in [0, 0.05) is 17.3 Å². The number of rotatable bonds is 1. The first-order valence-corrected chi connectivity index (χ1v) is 6.22. The molecule has 0 atom stereocenters. The van der Waals surface area contributed by atoms with Crippen molar-refractivity contribution in [3.63, 3.8) is 0 Å². The molecule has 0 radical (unpaired) electrons. The van der Waals surface area contributed by atoms with Crippen LogP contribution in [-0.4, -0.2) is 10.9 Å². The molecule has 88 valence electrons. The quantitative estimate of drug-likeness (QED) is 0.808. The van der Waals surface area contributed by atoms with Gasteiger partial charge in [-0.15, -0.1) is 0 Å². The smallest absolute Gasteiger partial charge is 0.264 e. The van der Waals surface area contributed by atoms with E-state index in [2.05, 4.69) is 27.5 Å². The molecule has 3 rings (SSSR count). The van der Waals surface area contributed by atoms with Gasteiger partial charge in [0.05, 0.1) is 10.2 Å². The summed E-state index contributed by atoms with van der Waals surface area (Å²) in [5.41, 5.74) is 2.19. The normalized spacial score (nSPS) is 13.9. The first-order valence-electron chi connectivity index (χ1n) is 5.43. The molecule has 0 unspecified atom stereocenters. The van der Waals surface area contributed by atoms with Gasteiger partial charge in [-0.25, -0.2) is 4.98 Å². The standard InChI is InChI=1S/C14H9BrN2O/c1-9-10-5-2-3-6-11(10)14(18)17(9)13-12(15)7-4-8-16-13/h2-8H,1H2. The Morgan fingerprint density at radius 3 is 2.50 bits per heavy atom. The van der Waals surface area contributed by atoms with Crippen molar-refractivity contribution in [3.05, 3.63) is 64.8 Å². The Hall–Kier alpha value is -1.94. The van der Waals surface area contributed by atoms with Crippen LogP contribution in [0.15, 0.2) is 53.6 Å². The number of pyridine rings is 1. The summed E-state index contributed by atoms with van der Waals surface area (Å²) in [6, 6.07) is 11.1. The van der Waals surface area contributed by atoms with Gasteiger partial charge in [0.25, 0.3) is 5.91 Å². The molecule has 1 aromatic heterocycles. The summed E-state index contributed by atoms with van der Waals surface area (Å²) in [6.45, 7) is 3.99. The van der Waals surface area contributed by atoms with E-state index >= 15 is 0 Å². The van der Waals surface area contributed by atoms with Gasteiger partial charge in [-0.2, -0.15) is 0 Å². The highest BCUT2D eigenvalue weighted by Gasteiger charge is 2.33. The van der Waals surface area contributed by atoms with Crippen molar-refractivity contribution in [2.45, 2.75) is 0 Å². The Labute approximate surface area is 113 Å². The van der Waals surface area contributed by atoms with Gasteiger partial charge in [-0.1, -0.05) is 24.8 Å². The molecule has 0 fully saturated rings. The van der Waals surface area contributed by atoms with E-state index in [9.17, 15) is 4.79 Å².